The van der Waals surface area contributed by atoms with Gasteiger partial charge in [0.2, 0.25) is 0 Å². The smallest absolute Gasteiger partial charge is 0.339 e. The van der Waals surface area contributed by atoms with Crippen LogP contribution >= 0.6 is 11.8 Å². The largest absolute Gasteiger partial charge is 0.379 e. The molecule has 6 nitrogen and oxygen atoms in total. The van der Waals surface area contributed by atoms with Crippen molar-refractivity contribution in [3.8, 4) is 5.75 Å². The Morgan fingerprint density at radius 2 is 1.54 bits per heavy atom. The first-order valence-corrected chi connectivity index (χ1v) is 12.9. The van der Waals surface area contributed by atoms with Crippen molar-refractivity contribution in [1.29, 1.82) is 0 Å². The second kappa shape index (κ2) is 9.40. The Hall–Kier alpha value is -3.88. The van der Waals surface area contributed by atoms with Crippen LogP contribution in [0.5, 0.6) is 5.75 Å². The molecule has 1 heterocycles. The number of rotatable bonds is 6. The van der Waals surface area contributed by atoms with E-state index in [1.807, 2.05) is 42.5 Å². The van der Waals surface area contributed by atoms with Gasteiger partial charge >= 0.3 is 10.1 Å². The number of carbonyl (C=O) groups is 2. The van der Waals surface area contributed by atoms with E-state index in [-0.39, 0.29) is 27.3 Å². The summed E-state index contributed by atoms with van der Waals surface area (Å²) in [6.45, 7) is 0.168. The van der Waals surface area contributed by atoms with Crippen molar-refractivity contribution >= 4 is 49.9 Å². The minimum atomic E-state index is -3.99. The highest BCUT2D eigenvalue weighted by Gasteiger charge is 2.35. The average molecular weight is 502 g/mol. The van der Waals surface area contributed by atoms with Crippen LogP contribution in [-0.2, 0) is 21.5 Å². The number of hydrogen-bond acceptors (Lipinski definition) is 6. The molecule has 0 N–H and O–H groups in total. The molecule has 5 rings (SSSR count). The van der Waals surface area contributed by atoms with Crippen molar-refractivity contribution in [3.63, 3.8) is 0 Å². The van der Waals surface area contributed by atoms with Crippen molar-refractivity contribution in [3.05, 3.63) is 113 Å². The molecule has 0 aliphatic carbocycles. The third-order valence-corrected chi connectivity index (χ3v) is 7.64. The van der Waals surface area contributed by atoms with Gasteiger partial charge in [-0.3, -0.25) is 14.5 Å². The SMILES string of the molecule is O=C1S/C(=C\c2cccc(OS(=O)(=O)c3ccccc3)c2)C(=O)N1Cc1cccc2ccccc12. The van der Waals surface area contributed by atoms with E-state index in [4.69, 9.17) is 4.18 Å². The van der Waals surface area contributed by atoms with Gasteiger partial charge in [-0.05, 0) is 64.0 Å². The van der Waals surface area contributed by atoms with Crippen LogP contribution in [0.25, 0.3) is 16.8 Å². The molecule has 1 saturated heterocycles. The number of benzene rings is 4. The predicted octanol–water partition coefficient (Wildman–Crippen LogP) is 5.84. The lowest BCUT2D eigenvalue weighted by Crippen LogP contribution is -2.27. The van der Waals surface area contributed by atoms with Crippen LogP contribution in [0, 0.1) is 0 Å². The minimum absolute atomic E-state index is 0.0416. The maximum Gasteiger partial charge on any atom is 0.339 e. The fraction of sp³-hybridized carbons (Fsp3) is 0.0370. The zero-order chi connectivity index (χ0) is 24.4. The molecule has 2 amide bonds. The zero-order valence-corrected chi connectivity index (χ0v) is 20.0. The molecule has 1 fully saturated rings. The number of imide groups is 1. The molecule has 0 aromatic heterocycles. The normalized spacial score (nSPS) is 15.2. The Morgan fingerprint density at radius 3 is 2.37 bits per heavy atom. The Balaban J connectivity index is 1.37. The van der Waals surface area contributed by atoms with Gasteiger partial charge in [-0.1, -0.05) is 72.8 Å². The van der Waals surface area contributed by atoms with Gasteiger partial charge in [0.05, 0.1) is 11.4 Å². The number of fused-ring (bicyclic) bond motifs is 1. The average Bonchev–Trinajstić information content (AvgIpc) is 3.12. The van der Waals surface area contributed by atoms with E-state index in [9.17, 15) is 18.0 Å². The second-order valence-electron chi connectivity index (χ2n) is 7.83. The van der Waals surface area contributed by atoms with Gasteiger partial charge in [-0.15, -0.1) is 0 Å². The first-order chi connectivity index (χ1) is 16.9. The predicted molar refractivity (Wildman–Crippen MR) is 136 cm³/mol. The summed E-state index contributed by atoms with van der Waals surface area (Å²) < 4.78 is 30.3. The summed E-state index contributed by atoms with van der Waals surface area (Å²) in [7, 11) is -3.99. The van der Waals surface area contributed by atoms with E-state index < -0.39 is 16.0 Å². The summed E-state index contributed by atoms with van der Waals surface area (Å²) >= 11 is 0.857. The molecule has 0 bridgehead atoms. The van der Waals surface area contributed by atoms with Crippen molar-refractivity contribution in [2.75, 3.05) is 0 Å². The topological polar surface area (TPSA) is 80.8 Å². The third-order valence-electron chi connectivity index (χ3n) is 5.48. The number of carbonyl (C=O) groups excluding carboxylic acids is 2. The summed E-state index contributed by atoms with van der Waals surface area (Å²) in [4.78, 5) is 27.2. The summed E-state index contributed by atoms with van der Waals surface area (Å²) in [5.41, 5.74) is 1.43. The van der Waals surface area contributed by atoms with E-state index in [1.54, 1.807) is 36.4 Å². The number of hydrogen-bond donors (Lipinski definition) is 0. The van der Waals surface area contributed by atoms with E-state index in [0.717, 1.165) is 28.1 Å². The lowest BCUT2D eigenvalue weighted by atomic mass is 10.0. The van der Waals surface area contributed by atoms with Gasteiger partial charge in [0.1, 0.15) is 10.6 Å². The first-order valence-electron chi connectivity index (χ1n) is 10.7. The van der Waals surface area contributed by atoms with Crippen LogP contribution in [0.4, 0.5) is 4.79 Å². The molecule has 4 aromatic rings. The van der Waals surface area contributed by atoms with Crippen molar-refractivity contribution in [2.24, 2.45) is 0 Å². The lowest BCUT2D eigenvalue weighted by molar-refractivity contribution is -0.123. The summed E-state index contributed by atoms with van der Waals surface area (Å²) in [6, 6.07) is 27.8. The van der Waals surface area contributed by atoms with Crippen molar-refractivity contribution in [1.82, 2.24) is 4.90 Å². The van der Waals surface area contributed by atoms with Crippen LogP contribution in [0.2, 0.25) is 0 Å². The van der Waals surface area contributed by atoms with Crippen LogP contribution in [0.15, 0.2) is 107 Å². The molecule has 0 radical (unpaired) electrons. The fourth-order valence-corrected chi connectivity index (χ4v) is 5.59. The van der Waals surface area contributed by atoms with Gasteiger partial charge in [0.25, 0.3) is 11.1 Å². The Labute approximate surface area is 207 Å². The van der Waals surface area contributed by atoms with Gasteiger partial charge in [-0.2, -0.15) is 8.42 Å². The molecule has 1 aliphatic heterocycles. The van der Waals surface area contributed by atoms with Gasteiger partial charge in [0, 0.05) is 0 Å². The fourth-order valence-electron chi connectivity index (χ4n) is 3.81. The monoisotopic (exact) mass is 501 g/mol. The minimum Gasteiger partial charge on any atom is -0.379 e. The highest BCUT2D eigenvalue weighted by molar-refractivity contribution is 8.18. The van der Waals surface area contributed by atoms with Gasteiger partial charge in [-0.25, -0.2) is 0 Å². The Bertz CT molecular complexity index is 1570. The molecule has 0 atom stereocenters. The van der Waals surface area contributed by atoms with Crippen molar-refractivity contribution < 1.29 is 22.2 Å². The highest BCUT2D eigenvalue weighted by atomic mass is 32.2. The van der Waals surface area contributed by atoms with Crippen LogP contribution < -0.4 is 4.18 Å². The van der Waals surface area contributed by atoms with Crippen molar-refractivity contribution in [2.45, 2.75) is 11.4 Å². The number of nitrogens with zero attached hydrogens (tertiary/aromatic N) is 1. The quantitative estimate of drug-likeness (QED) is 0.244. The van der Waals surface area contributed by atoms with E-state index in [0.29, 0.717) is 5.56 Å². The van der Waals surface area contributed by atoms with Crippen LogP contribution in [0.1, 0.15) is 11.1 Å². The summed E-state index contributed by atoms with van der Waals surface area (Å²) in [6.07, 6.45) is 1.57. The Kier molecular flexibility index (Phi) is 6.15. The zero-order valence-electron chi connectivity index (χ0n) is 18.3. The maximum absolute atomic E-state index is 13.0. The molecule has 0 spiro atoms. The van der Waals surface area contributed by atoms with E-state index >= 15 is 0 Å². The van der Waals surface area contributed by atoms with Gasteiger partial charge < -0.3 is 4.18 Å². The summed E-state index contributed by atoms with van der Waals surface area (Å²) in [5, 5.41) is 1.67. The second-order valence-corrected chi connectivity index (χ2v) is 10.4. The van der Waals surface area contributed by atoms with Crippen LogP contribution in [-0.4, -0.2) is 24.5 Å². The maximum atomic E-state index is 13.0. The van der Waals surface area contributed by atoms with Crippen LogP contribution in [0.3, 0.4) is 0 Å². The van der Waals surface area contributed by atoms with E-state index in [1.165, 1.54) is 29.2 Å². The van der Waals surface area contributed by atoms with E-state index in [2.05, 4.69) is 0 Å². The highest BCUT2D eigenvalue weighted by Crippen LogP contribution is 2.34. The number of thioether (sulfide) groups is 1. The first kappa shape index (κ1) is 22.9. The lowest BCUT2D eigenvalue weighted by Gasteiger charge is -2.14. The molecule has 174 valence electrons. The third kappa shape index (κ3) is 4.84. The molecular formula is C27H19NO5S2. The number of amides is 2. The summed E-state index contributed by atoms with van der Waals surface area (Å²) in [5.74, 6) is -0.284. The molecular weight excluding hydrogens is 482 g/mol. The Morgan fingerprint density at radius 1 is 0.829 bits per heavy atom. The molecule has 1 aliphatic rings. The molecule has 0 unspecified atom stereocenters. The molecule has 8 heteroatoms. The molecule has 35 heavy (non-hydrogen) atoms. The van der Waals surface area contributed by atoms with Gasteiger partial charge in [0.15, 0.2) is 0 Å². The molecule has 0 saturated carbocycles. The molecule has 4 aromatic carbocycles. The standard InChI is InChI=1S/C27H19NO5S2/c29-26-25(34-27(30)28(26)18-21-11-7-10-20-9-4-5-15-24(20)21)17-19-8-6-12-22(16-19)33-35(31,32)23-13-2-1-3-14-23/h1-17H,18H2/b25-17-.